The number of nitro benzene ring substituents is 1. The summed E-state index contributed by atoms with van der Waals surface area (Å²) in [4.78, 5) is 35.8. The summed E-state index contributed by atoms with van der Waals surface area (Å²) in [6.45, 7) is 3.39. The number of carbonyl (C=O) groups is 2. The van der Waals surface area contributed by atoms with E-state index in [0.717, 1.165) is 15.4 Å². The summed E-state index contributed by atoms with van der Waals surface area (Å²) >= 11 is 1.44. The van der Waals surface area contributed by atoms with E-state index in [1.165, 1.54) is 37.0 Å². The van der Waals surface area contributed by atoms with Gasteiger partial charge in [-0.25, -0.2) is 5.43 Å². The minimum Gasteiger partial charge on any atom is -0.326 e. The van der Waals surface area contributed by atoms with Crippen LogP contribution >= 0.6 is 11.8 Å². The molecule has 9 heteroatoms. The molecule has 2 amide bonds. The van der Waals surface area contributed by atoms with Crippen LogP contribution in [0.15, 0.2) is 81.6 Å². The number of amides is 2. The molecule has 0 unspecified atom stereocenters. The summed E-state index contributed by atoms with van der Waals surface area (Å²) in [7, 11) is 0. The quantitative estimate of drug-likeness (QED) is 0.307. The fourth-order valence-electron chi connectivity index (χ4n) is 2.71. The Morgan fingerprint density at radius 1 is 1.03 bits per heavy atom. The van der Waals surface area contributed by atoms with E-state index in [1.807, 2.05) is 31.2 Å². The number of nitrogens with zero attached hydrogens (tertiary/aromatic N) is 2. The number of anilines is 1. The average molecular weight is 449 g/mol. The molecule has 8 nitrogen and oxygen atoms in total. The lowest BCUT2D eigenvalue weighted by Crippen LogP contribution is -2.17. The van der Waals surface area contributed by atoms with Crippen molar-refractivity contribution in [1.29, 1.82) is 0 Å². The normalized spacial score (nSPS) is 10.7. The zero-order chi connectivity index (χ0) is 23.1. The Balaban J connectivity index is 1.76. The van der Waals surface area contributed by atoms with Crippen LogP contribution in [0.3, 0.4) is 0 Å². The van der Waals surface area contributed by atoms with Crippen LogP contribution < -0.4 is 10.7 Å². The van der Waals surface area contributed by atoms with E-state index in [-0.39, 0.29) is 11.6 Å². The minimum absolute atomic E-state index is 0.0698. The topological polar surface area (TPSA) is 114 Å². The van der Waals surface area contributed by atoms with Gasteiger partial charge in [0.15, 0.2) is 0 Å². The first-order valence-corrected chi connectivity index (χ1v) is 10.4. The number of benzene rings is 3. The molecule has 32 heavy (non-hydrogen) atoms. The van der Waals surface area contributed by atoms with Crippen molar-refractivity contribution in [3.05, 3.63) is 93.5 Å². The van der Waals surface area contributed by atoms with Gasteiger partial charge in [-0.15, -0.1) is 0 Å². The van der Waals surface area contributed by atoms with E-state index in [4.69, 9.17) is 0 Å². The third-order valence-corrected chi connectivity index (χ3v) is 5.39. The molecule has 0 spiro atoms. The summed E-state index contributed by atoms with van der Waals surface area (Å²) in [6, 6.07) is 18.7. The number of rotatable bonds is 7. The monoisotopic (exact) mass is 448 g/mol. The van der Waals surface area contributed by atoms with Crippen LogP contribution in [-0.4, -0.2) is 23.0 Å². The van der Waals surface area contributed by atoms with Gasteiger partial charge in [0.25, 0.3) is 11.6 Å². The molecule has 0 radical (unpaired) electrons. The second-order valence-electron chi connectivity index (χ2n) is 6.85. The lowest BCUT2D eigenvalue weighted by molar-refractivity contribution is -0.384. The number of aryl methyl sites for hydroxylation is 1. The lowest BCUT2D eigenvalue weighted by Gasteiger charge is -2.07. The molecule has 2 N–H and O–H groups in total. The molecule has 0 aromatic heterocycles. The average Bonchev–Trinajstić information content (AvgIpc) is 2.76. The molecule has 3 aromatic carbocycles. The third kappa shape index (κ3) is 6.26. The predicted molar refractivity (Wildman–Crippen MR) is 124 cm³/mol. The van der Waals surface area contributed by atoms with Crippen LogP contribution in [0.2, 0.25) is 0 Å². The van der Waals surface area contributed by atoms with Crippen molar-refractivity contribution in [2.45, 2.75) is 23.6 Å². The van der Waals surface area contributed by atoms with Crippen molar-refractivity contribution in [3.63, 3.8) is 0 Å². The molecule has 3 aromatic rings. The van der Waals surface area contributed by atoms with E-state index in [0.29, 0.717) is 16.8 Å². The first-order valence-electron chi connectivity index (χ1n) is 9.56. The fourth-order valence-corrected chi connectivity index (χ4v) is 3.60. The largest absolute Gasteiger partial charge is 0.326 e. The van der Waals surface area contributed by atoms with Gasteiger partial charge in [0.2, 0.25) is 5.91 Å². The molecule has 0 aliphatic rings. The first kappa shape index (κ1) is 22.7. The second-order valence-corrected chi connectivity index (χ2v) is 7.97. The molecule has 0 aliphatic heterocycles. The van der Waals surface area contributed by atoms with E-state index < -0.39 is 10.8 Å². The lowest BCUT2D eigenvalue weighted by atomic mass is 10.2. The summed E-state index contributed by atoms with van der Waals surface area (Å²) in [5, 5.41) is 17.8. The van der Waals surface area contributed by atoms with Gasteiger partial charge in [-0.1, -0.05) is 29.5 Å². The van der Waals surface area contributed by atoms with Gasteiger partial charge in [0.1, 0.15) is 0 Å². The van der Waals surface area contributed by atoms with Gasteiger partial charge in [-0.2, -0.15) is 5.10 Å². The van der Waals surface area contributed by atoms with Gasteiger partial charge in [0, 0.05) is 45.7 Å². The number of nitrogens with one attached hydrogen (secondary N) is 2. The molecular formula is C23H20N4O4S. The van der Waals surface area contributed by atoms with Crippen molar-refractivity contribution in [3.8, 4) is 0 Å². The van der Waals surface area contributed by atoms with Gasteiger partial charge in [-0.05, 0) is 49.4 Å². The van der Waals surface area contributed by atoms with Crippen molar-refractivity contribution in [1.82, 2.24) is 5.43 Å². The fraction of sp³-hybridized carbons (Fsp3) is 0.0870. The van der Waals surface area contributed by atoms with Crippen LogP contribution in [0.5, 0.6) is 0 Å². The molecule has 0 saturated heterocycles. The van der Waals surface area contributed by atoms with Gasteiger partial charge in [0.05, 0.1) is 11.1 Å². The number of carbonyl (C=O) groups excluding carboxylic acids is 2. The van der Waals surface area contributed by atoms with Crippen molar-refractivity contribution in [2.75, 3.05) is 5.32 Å². The zero-order valence-corrected chi connectivity index (χ0v) is 18.2. The Bertz CT molecular complexity index is 1180. The summed E-state index contributed by atoms with van der Waals surface area (Å²) in [5.41, 5.74) is 4.91. The van der Waals surface area contributed by atoms with Crippen LogP contribution in [0.1, 0.15) is 28.4 Å². The van der Waals surface area contributed by atoms with Crippen LogP contribution in [-0.2, 0) is 4.79 Å². The number of hydrogen-bond acceptors (Lipinski definition) is 6. The van der Waals surface area contributed by atoms with Crippen LogP contribution in [0.4, 0.5) is 11.4 Å². The maximum Gasteiger partial charge on any atom is 0.271 e. The van der Waals surface area contributed by atoms with Crippen molar-refractivity contribution >= 4 is 41.2 Å². The molecule has 0 saturated carbocycles. The highest BCUT2D eigenvalue weighted by atomic mass is 32.2. The molecule has 162 valence electrons. The summed E-state index contributed by atoms with van der Waals surface area (Å²) < 4.78 is 0. The standard InChI is InChI=1S/C23H20N4O4S/c1-15-3-10-21(11-4-15)32-22-12-9-20(27(30)31)13-18(22)14-24-26-23(29)17-5-7-19(8-6-17)25-16(2)28/h3-14H,1-2H3,(H,25,28)(H,26,29)/b24-14+. The molecule has 0 aliphatic carbocycles. The van der Waals surface area contributed by atoms with E-state index >= 15 is 0 Å². The number of non-ortho nitro benzene ring substituents is 1. The maximum absolute atomic E-state index is 12.3. The predicted octanol–water partition coefficient (Wildman–Crippen LogP) is 4.78. The summed E-state index contributed by atoms with van der Waals surface area (Å²) in [5.74, 6) is -0.656. The van der Waals surface area contributed by atoms with Gasteiger partial charge >= 0.3 is 0 Å². The molecule has 0 atom stereocenters. The maximum atomic E-state index is 12.3. The Labute approximate surface area is 188 Å². The molecular weight excluding hydrogens is 428 g/mol. The highest BCUT2D eigenvalue weighted by molar-refractivity contribution is 7.99. The van der Waals surface area contributed by atoms with Gasteiger partial charge in [-0.3, -0.25) is 19.7 Å². The summed E-state index contributed by atoms with van der Waals surface area (Å²) in [6.07, 6.45) is 1.38. The highest BCUT2D eigenvalue weighted by Gasteiger charge is 2.11. The van der Waals surface area contributed by atoms with Gasteiger partial charge < -0.3 is 5.32 Å². The number of hydrazone groups is 1. The smallest absolute Gasteiger partial charge is 0.271 e. The molecule has 0 bridgehead atoms. The zero-order valence-electron chi connectivity index (χ0n) is 17.4. The van der Waals surface area contributed by atoms with Crippen molar-refractivity contribution in [2.24, 2.45) is 5.10 Å². The SMILES string of the molecule is CC(=O)Nc1ccc(C(=O)N/N=C/c2cc([N+](=O)[O-])ccc2Sc2ccc(C)cc2)cc1. The first-order chi connectivity index (χ1) is 15.3. The second kappa shape index (κ2) is 10.4. The highest BCUT2D eigenvalue weighted by Crippen LogP contribution is 2.32. The number of hydrogen-bond donors (Lipinski definition) is 2. The van der Waals surface area contributed by atoms with E-state index in [2.05, 4.69) is 15.8 Å². The molecule has 3 rings (SSSR count). The van der Waals surface area contributed by atoms with Crippen LogP contribution in [0.25, 0.3) is 0 Å². The van der Waals surface area contributed by atoms with Crippen LogP contribution in [0, 0.1) is 17.0 Å². The third-order valence-electron chi connectivity index (χ3n) is 4.29. The Kier molecular flexibility index (Phi) is 7.35. The minimum atomic E-state index is -0.479. The van der Waals surface area contributed by atoms with Crippen molar-refractivity contribution < 1.29 is 14.5 Å². The molecule has 0 heterocycles. The Hall–Kier alpha value is -3.98. The Morgan fingerprint density at radius 2 is 1.72 bits per heavy atom. The van der Waals surface area contributed by atoms with E-state index in [9.17, 15) is 19.7 Å². The number of nitro groups is 1. The Morgan fingerprint density at radius 3 is 2.34 bits per heavy atom. The molecule has 0 fully saturated rings. The van der Waals surface area contributed by atoms with E-state index in [1.54, 1.807) is 30.3 Å².